The molecule has 0 fully saturated rings. The molecule has 0 atom stereocenters. The first-order valence-electron chi connectivity index (χ1n) is 5.73. The summed E-state index contributed by atoms with van der Waals surface area (Å²) in [6, 6.07) is 2.19. The number of rotatable bonds is 4. The minimum atomic E-state index is -0.500. The van der Waals surface area contributed by atoms with E-state index in [-0.39, 0.29) is 0 Å². The highest BCUT2D eigenvalue weighted by molar-refractivity contribution is 5.29. The molecule has 0 aliphatic heterocycles. The summed E-state index contributed by atoms with van der Waals surface area (Å²) in [6.45, 7) is 17.1. The number of hydrogen-bond donors (Lipinski definition) is 0. The predicted molar refractivity (Wildman–Crippen MR) is 62.3 cm³/mol. The first-order chi connectivity index (χ1) is 6.81. The van der Waals surface area contributed by atoms with Crippen molar-refractivity contribution in [2.45, 2.75) is 66.6 Å². The van der Waals surface area contributed by atoms with Crippen molar-refractivity contribution < 1.29 is 14.4 Å². The lowest BCUT2D eigenvalue weighted by molar-refractivity contribution is -0.983. The Morgan fingerprint density at radius 1 is 1.00 bits per heavy atom. The van der Waals surface area contributed by atoms with Crippen molar-refractivity contribution in [3.8, 4) is 0 Å². The monoisotopic (exact) mass is 217 g/mol. The zero-order valence-corrected chi connectivity index (χ0v) is 11.3. The van der Waals surface area contributed by atoms with Gasteiger partial charge in [-0.3, -0.25) is 0 Å². The average molecular weight is 217 g/mol. The minimum Gasteiger partial charge on any atom is -0.554 e. The lowest BCUT2D eigenvalue weighted by Gasteiger charge is -2.48. The average Bonchev–Trinajstić information content (AvgIpc) is 2.04. The molecule has 3 heteroatoms. The van der Waals surface area contributed by atoms with Crippen molar-refractivity contribution in [2.75, 3.05) is 6.54 Å². The van der Waals surface area contributed by atoms with Crippen LogP contribution >= 0.6 is 0 Å². The van der Waals surface area contributed by atoms with E-state index in [0.717, 1.165) is 18.1 Å². The maximum Gasteiger partial charge on any atom is 0.0837 e. The summed E-state index contributed by atoms with van der Waals surface area (Å²) in [6.07, 6.45) is 0. The van der Waals surface area contributed by atoms with Gasteiger partial charge in [-0.15, -0.1) is 0 Å². The van der Waals surface area contributed by atoms with Crippen LogP contribution in [0.15, 0.2) is 0 Å². The Balaban J connectivity index is 0. The summed E-state index contributed by atoms with van der Waals surface area (Å²) >= 11 is 0. The number of carbonyl (C=O) groups excluding carboxylic acids is 1. The second kappa shape index (κ2) is 7.69. The Morgan fingerprint density at radius 3 is 1.20 bits per heavy atom. The molecular weight excluding hydrogens is 190 g/mol. The third kappa shape index (κ3) is 4.20. The first kappa shape index (κ1) is 16.8. The van der Waals surface area contributed by atoms with Gasteiger partial charge in [-0.25, -0.2) is 0 Å². The molecule has 0 aromatic carbocycles. The van der Waals surface area contributed by atoms with Crippen molar-refractivity contribution in [2.24, 2.45) is 0 Å². The SMILES string of the molecule is CC[N+](C(C)C)(C(C)C)C(C)C.O=C[O-]. The van der Waals surface area contributed by atoms with E-state index in [9.17, 15) is 0 Å². The highest BCUT2D eigenvalue weighted by Gasteiger charge is 2.35. The molecule has 0 aromatic rings. The maximum atomic E-state index is 8.25. The smallest absolute Gasteiger partial charge is 0.0837 e. The number of hydrogen-bond acceptors (Lipinski definition) is 2. The van der Waals surface area contributed by atoms with Gasteiger partial charge in [0.15, 0.2) is 0 Å². The number of nitrogens with zero attached hydrogens (tertiary/aromatic N) is 1. The molecule has 0 bridgehead atoms. The van der Waals surface area contributed by atoms with Crippen LogP contribution in [0, 0.1) is 0 Å². The molecule has 3 nitrogen and oxygen atoms in total. The molecule has 92 valence electrons. The maximum absolute atomic E-state index is 8.25. The number of quaternary nitrogens is 1. The van der Waals surface area contributed by atoms with Crippen LogP contribution in [0.25, 0.3) is 0 Å². The van der Waals surface area contributed by atoms with Crippen LogP contribution in [0.3, 0.4) is 0 Å². The highest BCUT2D eigenvalue weighted by atomic mass is 16.3. The summed E-state index contributed by atoms with van der Waals surface area (Å²) in [5, 5.41) is 8.25. The zero-order chi connectivity index (χ0) is 12.6. The molecule has 0 rings (SSSR count). The van der Waals surface area contributed by atoms with E-state index in [1.165, 1.54) is 11.0 Å². The molecule has 0 spiro atoms. The van der Waals surface area contributed by atoms with Crippen molar-refractivity contribution in [3.05, 3.63) is 0 Å². The fourth-order valence-corrected chi connectivity index (χ4v) is 2.88. The van der Waals surface area contributed by atoms with Gasteiger partial charge in [-0.2, -0.15) is 0 Å². The summed E-state index contributed by atoms with van der Waals surface area (Å²) in [4.78, 5) is 8.25. The third-order valence-electron chi connectivity index (χ3n) is 3.43. The van der Waals surface area contributed by atoms with Gasteiger partial charge in [0, 0.05) is 6.47 Å². The van der Waals surface area contributed by atoms with Crippen LogP contribution in [0.1, 0.15) is 48.5 Å². The molecule has 0 saturated carbocycles. The number of carbonyl (C=O) groups is 1. The Labute approximate surface area is 94.7 Å². The fraction of sp³-hybridized carbons (Fsp3) is 0.917. The number of carboxylic acid groups (broad SMARTS) is 1. The third-order valence-corrected chi connectivity index (χ3v) is 3.43. The van der Waals surface area contributed by atoms with Crippen LogP contribution in [0.5, 0.6) is 0 Å². The first-order valence-corrected chi connectivity index (χ1v) is 5.73. The second-order valence-electron chi connectivity index (χ2n) is 4.69. The van der Waals surface area contributed by atoms with E-state index >= 15 is 0 Å². The standard InChI is InChI=1S/C11H26N.CH2O2/c1-8-12(9(2)3,10(4)5)11(6)7;2-1-3/h9-11H,8H2,1-7H3;1H,(H,2,3)/q+1;/p-1. The molecule has 0 amide bonds. The quantitative estimate of drug-likeness (QED) is 0.528. The molecule has 0 N–H and O–H groups in total. The van der Waals surface area contributed by atoms with Gasteiger partial charge >= 0.3 is 0 Å². The van der Waals surface area contributed by atoms with E-state index < -0.39 is 6.47 Å². The Bertz CT molecular complexity index is 143. The summed E-state index contributed by atoms with van der Waals surface area (Å²) in [7, 11) is 0. The molecule has 0 aromatic heterocycles. The molecule has 15 heavy (non-hydrogen) atoms. The van der Waals surface area contributed by atoms with E-state index in [4.69, 9.17) is 9.90 Å². The molecule has 0 aliphatic rings. The van der Waals surface area contributed by atoms with Gasteiger partial charge in [0.25, 0.3) is 0 Å². The van der Waals surface area contributed by atoms with E-state index in [1.807, 2.05) is 0 Å². The topological polar surface area (TPSA) is 40.1 Å². The van der Waals surface area contributed by atoms with Crippen molar-refractivity contribution >= 4 is 6.47 Å². The van der Waals surface area contributed by atoms with Gasteiger partial charge in [-0.05, 0) is 48.5 Å². The highest BCUT2D eigenvalue weighted by Crippen LogP contribution is 2.23. The van der Waals surface area contributed by atoms with Gasteiger partial charge in [0.2, 0.25) is 0 Å². The van der Waals surface area contributed by atoms with E-state index in [2.05, 4.69) is 48.5 Å². The van der Waals surface area contributed by atoms with Crippen molar-refractivity contribution in [1.29, 1.82) is 0 Å². The normalized spacial score (nSPS) is 11.6. The van der Waals surface area contributed by atoms with Crippen LogP contribution in [0.2, 0.25) is 0 Å². The van der Waals surface area contributed by atoms with Crippen molar-refractivity contribution in [3.63, 3.8) is 0 Å². The molecule has 0 heterocycles. The van der Waals surface area contributed by atoms with Crippen LogP contribution < -0.4 is 5.11 Å². The Hall–Kier alpha value is -0.570. The zero-order valence-electron chi connectivity index (χ0n) is 11.3. The van der Waals surface area contributed by atoms with Gasteiger partial charge < -0.3 is 14.4 Å². The molecular formula is C12H27NO2. The van der Waals surface area contributed by atoms with Gasteiger partial charge in [-0.1, -0.05) is 0 Å². The molecule has 0 aliphatic carbocycles. The molecule has 0 saturated heterocycles. The van der Waals surface area contributed by atoms with Gasteiger partial charge in [0.05, 0.1) is 24.7 Å². The second-order valence-corrected chi connectivity index (χ2v) is 4.69. The fourth-order valence-electron chi connectivity index (χ4n) is 2.88. The lowest BCUT2D eigenvalue weighted by atomic mass is 10.1. The predicted octanol–water partition coefficient (Wildman–Crippen LogP) is 1.41. The summed E-state index contributed by atoms with van der Waals surface area (Å²) in [5.41, 5.74) is 0. The molecule has 0 unspecified atom stereocenters. The largest absolute Gasteiger partial charge is 0.554 e. The Kier molecular flexibility index (Phi) is 8.63. The Morgan fingerprint density at radius 2 is 1.20 bits per heavy atom. The van der Waals surface area contributed by atoms with E-state index in [0.29, 0.717) is 0 Å². The molecule has 0 radical (unpaired) electrons. The van der Waals surface area contributed by atoms with E-state index in [1.54, 1.807) is 0 Å². The van der Waals surface area contributed by atoms with Crippen LogP contribution in [-0.4, -0.2) is 35.6 Å². The van der Waals surface area contributed by atoms with Crippen molar-refractivity contribution in [1.82, 2.24) is 0 Å². The lowest BCUT2D eigenvalue weighted by Crippen LogP contribution is -2.61. The van der Waals surface area contributed by atoms with Crippen LogP contribution in [0.4, 0.5) is 0 Å². The summed E-state index contributed by atoms with van der Waals surface area (Å²) in [5.74, 6) is 0. The van der Waals surface area contributed by atoms with Crippen LogP contribution in [-0.2, 0) is 4.79 Å². The summed E-state index contributed by atoms with van der Waals surface area (Å²) < 4.78 is 1.24. The minimum absolute atomic E-state index is 0.500. The van der Waals surface area contributed by atoms with Gasteiger partial charge in [0.1, 0.15) is 0 Å².